The molecule has 1 aliphatic rings. The Morgan fingerprint density at radius 2 is 2.06 bits per heavy atom. The lowest BCUT2D eigenvalue weighted by Gasteiger charge is -2.29. The summed E-state index contributed by atoms with van der Waals surface area (Å²) in [5.74, 6) is -0.754. The number of rotatable bonds is 5. The molecule has 2 rings (SSSR count). The highest BCUT2D eigenvalue weighted by atomic mass is 16.4. The SMILES string of the molecule is O=C(O)[C@H](Cc1ccccc1)NC1CCC1. The van der Waals surface area contributed by atoms with E-state index in [0.29, 0.717) is 12.5 Å². The van der Waals surface area contributed by atoms with Crippen LogP contribution >= 0.6 is 0 Å². The van der Waals surface area contributed by atoms with E-state index >= 15 is 0 Å². The molecule has 0 radical (unpaired) electrons. The van der Waals surface area contributed by atoms with Crippen LogP contribution in [0.25, 0.3) is 0 Å². The number of hydrogen-bond acceptors (Lipinski definition) is 2. The van der Waals surface area contributed by atoms with Crippen molar-refractivity contribution in [1.82, 2.24) is 5.32 Å². The number of carboxylic acid groups (broad SMARTS) is 1. The van der Waals surface area contributed by atoms with Gasteiger partial charge in [-0.25, -0.2) is 0 Å². The zero-order valence-corrected chi connectivity index (χ0v) is 9.23. The third-order valence-electron chi connectivity index (χ3n) is 3.12. The molecular weight excluding hydrogens is 202 g/mol. The molecule has 0 amide bonds. The van der Waals surface area contributed by atoms with Gasteiger partial charge < -0.3 is 10.4 Å². The highest BCUT2D eigenvalue weighted by Crippen LogP contribution is 2.19. The predicted octanol–water partition coefficient (Wildman–Crippen LogP) is 1.82. The monoisotopic (exact) mass is 219 g/mol. The summed E-state index contributed by atoms with van der Waals surface area (Å²) in [6, 6.07) is 9.72. The summed E-state index contributed by atoms with van der Waals surface area (Å²) in [5, 5.41) is 12.3. The topological polar surface area (TPSA) is 49.3 Å². The molecule has 0 unspecified atom stereocenters. The normalized spacial score (nSPS) is 17.8. The minimum atomic E-state index is -0.754. The standard InChI is InChI=1S/C13H17NO2/c15-13(16)12(14-11-7-4-8-11)9-10-5-2-1-3-6-10/h1-3,5-6,11-12,14H,4,7-9H2,(H,15,16)/t12-/m0/s1. The molecule has 1 aromatic rings. The number of carboxylic acids is 1. The molecule has 3 nitrogen and oxygen atoms in total. The second-order valence-corrected chi connectivity index (χ2v) is 4.38. The van der Waals surface area contributed by atoms with Gasteiger partial charge in [-0.3, -0.25) is 4.79 Å². The van der Waals surface area contributed by atoms with Crippen LogP contribution in [-0.2, 0) is 11.2 Å². The zero-order valence-electron chi connectivity index (χ0n) is 9.23. The Kier molecular flexibility index (Phi) is 3.57. The maximum absolute atomic E-state index is 11.1. The van der Waals surface area contributed by atoms with Crippen molar-refractivity contribution in [3.8, 4) is 0 Å². The summed E-state index contributed by atoms with van der Waals surface area (Å²) in [6.45, 7) is 0. The van der Waals surface area contributed by atoms with Gasteiger partial charge in [-0.2, -0.15) is 0 Å². The number of hydrogen-bond donors (Lipinski definition) is 2. The van der Waals surface area contributed by atoms with E-state index in [1.54, 1.807) is 0 Å². The van der Waals surface area contributed by atoms with Gasteiger partial charge in [-0.15, -0.1) is 0 Å². The highest BCUT2D eigenvalue weighted by Gasteiger charge is 2.25. The Morgan fingerprint density at radius 1 is 1.38 bits per heavy atom. The average Bonchev–Trinajstić information content (AvgIpc) is 2.22. The predicted molar refractivity (Wildman–Crippen MR) is 62.3 cm³/mol. The molecular formula is C13H17NO2. The first-order valence-corrected chi connectivity index (χ1v) is 5.78. The van der Waals surface area contributed by atoms with Crippen LogP contribution in [0.4, 0.5) is 0 Å². The summed E-state index contributed by atoms with van der Waals surface area (Å²) >= 11 is 0. The quantitative estimate of drug-likeness (QED) is 0.794. The van der Waals surface area contributed by atoms with Crippen LogP contribution < -0.4 is 5.32 Å². The van der Waals surface area contributed by atoms with E-state index in [9.17, 15) is 4.79 Å². The van der Waals surface area contributed by atoms with Crippen molar-refractivity contribution in [2.24, 2.45) is 0 Å². The van der Waals surface area contributed by atoms with Gasteiger partial charge in [0.05, 0.1) is 0 Å². The fourth-order valence-corrected chi connectivity index (χ4v) is 1.93. The summed E-state index contributed by atoms with van der Waals surface area (Å²) in [6.07, 6.45) is 4.00. The van der Waals surface area contributed by atoms with Gasteiger partial charge in [0, 0.05) is 6.04 Å². The second-order valence-electron chi connectivity index (χ2n) is 4.38. The van der Waals surface area contributed by atoms with E-state index < -0.39 is 12.0 Å². The van der Waals surface area contributed by atoms with Crippen LogP contribution in [0.5, 0.6) is 0 Å². The fourth-order valence-electron chi connectivity index (χ4n) is 1.93. The summed E-state index contributed by atoms with van der Waals surface area (Å²) in [7, 11) is 0. The van der Waals surface area contributed by atoms with Crippen molar-refractivity contribution in [2.75, 3.05) is 0 Å². The molecule has 1 fully saturated rings. The minimum absolute atomic E-state index is 0.407. The van der Waals surface area contributed by atoms with Gasteiger partial charge in [0.25, 0.3) is 0 Å². The summed E-state index contributed by atoms with van der Waals surface area (Å²) < 4.78 is 0. The second kappa shape index (κ2) is 5.12. The number of aliphatic carboxylic acids is 1. The van der Waals surface area contributed by atoms with Crippen molar-refractivity contribution in [3.63, 3.8) is 0 Å². The van der Waals surface area contributed by atoms with Crippen LogP contribution in [0, 0.1) is 0 Å². The van der Waals surface area contributed by atoms with Crippen LogP contribution in [0.1, 0.15) is 24.8 Å². The van der Waals surface area contributed by atoms with Gasteiger partial charge in [0.15, 0.2) is 0 Å². The molecule has 1 aromatic carbocycles. The third kappa shape index (κ3) is 2.83. The molecule has 0 aliphatic heterocycles. The number of carbonyl (C=O) groups is 1. The first kappa shape index (κ1) is 11.1. The lowest BCUT2D eigenvalue weighted by Crippen LogP contribution is -2.47. The molecule has 2 N–H and O–H groups in total. The lowest BCUT2D eigenvalue weighted by atomic mass is 9.91. The van der Waals surface area contributed by atoms with Gasteiger partial charge in [0.2, 0.25) is 0 Å². The van der Waals surface area contributed by atoms with Crippen molar-refractivity contribution in [3.05, 3.63) is 35.9 Å². The van der Waals surface area contributed by atoms with Gasteiger partial charge in [-0.05, 0) is 24.8 Å². The van der Waals surface area contributed by atoms with Crippen LogP contribution in [-0.4, -0.2) is 23.2 Å². The maximum atomic E-state index is 11.1. The van der Waals surface area contributed by atoms with Crippen molar-refractivity contribution in [2.45, 2.75) is 37.8 Å². The molecule has 16 heavy (non-hydrogen) atoms. The first-order valence-electron chi connectivity index (χ1n) is 5.78. The van der Waals surface area contributed by atoms with Crippen molar-refractivity contribution in [1.29, 1.82) is 0 Å². The molecule has 0 spiro atoms. The summed E-state index contributed by atoms with van der Waals surface area (Å²) in [5.41, 5.74) is 1.07. The lowest BCUT2D eigenvalue weighted by molar-refractivity contribution is -0.139. The molecule has 0 aromatic heterocycles. The van der Waals surface area contributed by atoms with Crippen LogP contribution in [0.15, 0.2) is 30.3 Å². The Hall–Kier alpha value is -1.35. The molecule has 1 aliphatic carbocycles. The average molecular weight is 219 g/mol. The van der Waals surface area contributed by atoms with E-state index in [1.807, 2.05) is 30.3 Å². The number of nitrogens with one attached hydrogen (secondary N) is 1. The Balaban J connectivity index is 1.94. The largest absolute Gasteiger partial charge is 0.480 e. The Morgan fingerprint density at radius 3 is 2.56 bits per heavy atom. The third-order valence-corrected chi connectivity index (χ3v) is 3.12. The van der Waals surface area contributed by atoms with E-state index in [4.69, 9.17) is 5.11 Å². The Bertz CT molecular complexity index is 346. The van der Waals surface area contributed by atoms with Gasteiger partial charge >= 0.3 is 5.97 Å². The highest BCUT2D eigenvalue weighted by molar-refractivity contribution is 5.74. The van der Waals surface area contributed by atoms with Gasteiger partial charge in [0.1, 0.15) is 6.04 Å². The fraction of sp³-hybridized carbons (Fsp3) is 0.462. The van der Waals surface area contributed by atoms with E-state index in [-0.39, 0.29) is 0 Å². The van der Waals surface area contributed by atoms with Crippen molar-refractivity contribution >= 4 is 5.97 Å². The van der Waals surface area contributed by atoms with E-state index in [1.165, 1.54) is 6.42 Å². The molecule has 3 heteroatoms. The van der Waals surface area contributed by atoms with Crippen molar-refractivity contribution < 1.29 is 9.90 Å². The maximum Gasteiger partial charge on any atom is 0.321 e. The Labute approximate surface area is 95.5 Å². The number of benzene rings is 1. The molecule has 86 valence electrons. The van der Waals surface area contributed by atoms with E-state index in [0.717, 1.165) is 18.4 Å². The first-order chi connectivity index (χ1) is 7.75. The minimum Gasteiger partial charge on any atom is -0.480 e. The van der Waals surface area contributed by atoms with E-state index in [2.05, 4.69) is 5.32 Å². The zero-order chi connectivity index (χ0) is 11.4. The molecule has 0 heterocycles. The molecule has 1 saturated carbocycles. The smallest absolute Gasteiger partial charge is 0.321 e. The molecule has 1 atom stereocenters. The van der Waals surface area contributed by atoms with Gasteiger partial charge in [-0.1, -0.05) is 36.8 Å². The molecule has 0 bridgehead atoms. The molecule has 0 saturated heterocycles. The van der Waals surface area contributed by atoms with Crippen LogP contribution in [0.3, 0.4) is 0 Å². The van der Waals surface area contributed by atoms with Crippen LogP contribution in [0.2, 0.25) is 0 Å². The summed E-state index contributed by atoms with van der Waals surface area (Å²) in [4.78, 5) is 11.1.